The molecule has 118 valence electrons. The van der Waals surface area contributed by atoms with Crippen molar-refractivity contribution in [3.05, 3.63) is 53.1 Å². The molecule has 2 nitrogen and oxygen atoms in total. The Morgan fingerprint density at radius 3 is 2.32 bits per heavy atom. The molecule has 0 fully saturated rings. The fourth-order valence-corrected chi connectivity index (χ4v) is 3.01. The Kier molecular flexibility index (Phi) is 6.02. The molecule has 0 atom stereocenters. The molecule has 2 heteroatoms. The van der Waals surface area contributed by atoms with Gasteiger partial charge >= 0.3 is 0 Å². The minimum atomic E-state index is 0.0539. The van der Waals surface area contributed by atoms with Crippen LogP contribution in [-0.4, -0.2) is 12.2 Å². The standard InChI is InChI=1S/C20H26O2/c1-4-8-15-12-17(13-20(22-3)19(15)9-5-2)18-11-7-6-10-16(18)14-21/h6-7,10-13,21H,4-5,8-9,14H2,1-3H3. The second-order valence-corrected chi connectivity index (χ2v) is 5.63. The number of rotatable bonds is 7. The van der Waals surface area contributed by atoms with Gasteiger partial charge in [0.2, 0.25) is 0 Å². The Balaban J connectivity index is 2.59. The Labute approximate surface area is 133 Å². The third-order valence-corrected chi connectivity index (χ3v) is 4.04. The second-order valence-electron chi connectivity index (χ2n) is 5.63. The topological polar surface area (TPSA) is 29.5 Å². The van der Waals surface area contributed by atoms with Crippen LogP contribution in [0.2, 0.25) is 0 Å². The fourth-order valence-electron chi connectivity index (χ4n) is 3.01. The number of hydrogen-bond acceptors (Lipinski definition) is 2. The summed E-state index contributed by atoms with van der Waals surface area (Å²) in [5.41, 5.74) is 5.87. The summed E-state index contributed by atoms with van der Waals surface area (Å²) in [5, 5.41) is 9.59. The van der Waals surface area contributed by atoms with Crippen molar-refractivity contribution in [2.45, 2.75) is 46.1 Å². The van der Waals surface area contributed by atoms with Gasteiger partial charge in [-0.25, -0.2) is 0 Å². The highest BCUT2D eigenvalue weighted by Gasteiger charge is 2.13. The molecule has 0 unspecified atom stereocenters. The van der Waals surface area contributed by atoms with E-state index in [1.54, 1.807) is 7.11 Å². The number of hydrogen-bond donors (Lipinski definition) is 1. The average Bonchev–Trinajstić information content (AvgIpc) is 2.56. The lowest BCUT2D eigenvalue weighted by Crippen LogP contribution is -2.00. The van der Waals surface area contributed by atoms with E-state index in [9.17, 15) is 5.11 Å². The summed E-state index contributed by atoms with van der Waals surface area (Å²) in [7, 11) is 1.74. The summed E-state index contributed by atoms with van der Waals surface area (Å²) in [5.74, 6) is 0.968. The molecule has 0 saturated carbocycles. The van der Waals surface area contributed by atoms with Crippen molar-refractivity contribution in [1.29, 1.82) is 0 Å². The number of methoxy groups -OCH3 is 1. The van der Waals surface area contributed by atoms with E-state index in [1.165, 1.54) is 11.1 Å². The summed E-state index contributed by atoms with van der Waals surface area (Å²) >= 11 is 0. The zero-order valence-electron chi connectivity index (χ0n) is 13.9. The van der Waals surface area contributed by atoms with Gasteiger partial charge in [-0.3, -0.25) is 0 Å². The van der Waals surface area contributed by atoms with Gasteiger partial charge < -0.3 is 9.84 Å². The highest BCUT2D eigenvalue weighted by atomic mass is 16.5. The van der Waals surface area contributed by atoms with Crippen LogP contribution in [0.4, 0.5) is 0 Å². The van der Waals surface area contributed by atoms with Crippen molar-refractivity contribution in [3.8, 4) is 16.9 Å². The van der Waals surface area contributed by atoms with E-state index in [0.717, 1.165) is 48.1 Å². The van der Waals surface area contributed by atoms with Gasteiger partial charge in [-0.05, 0) is 46.7 Å². The van der Waals surface area contributed by atoms with Gasteiger partial charge in [-0.2, -0.15) is 0 Å². The summed E-state index contributed by atoms with van der Waals surface area (Å²) in [6.07, 6.45) is 4.33. The van der Waals surface area contributed by atoms with Crippen molar-refractivity contribution in [3.63, 3.8) is 0 Å². The summed E-state index contributed by atoms with van der Waals surface area (Å²) in [6.45, 7) is 4.46. The van der Waals surface area contributed by atoms with Gasteiger partial charge in [0.15, 0.2) is 0 Å². The van der Waals surface area contributed by atoms with Crippen molar-refractivity contribution >= 4 is 0 Å². The molecule has 22 heavy (non-hydrogen) atoms. The number of aliphatic hydroxyl groups excluding tert-OH is 1. The minimum absolute atomic E-state index is 0.0539. The minimum Gasteiger partial charge on any atom is -0.496 e. The van der Waals surface area contributed by atoms with Crippen LogP contribution in [0.3, 0.4) is 0 Å². The first-order valence-corrected chi connectivity index (χ1v) is 8.14. The fraction of sp³-hybridized carbons (Fsp3) is 0.400. The number of aliphatic hydroxyl groups is 1. The van der Waals surface area contributed by atoms with E-state index < -0.39 is 0 Å². The van der Waals surface area contributed by atoms with E-state index in [0.29, 0.717) is 0 Å². The molecule has 0 aliphatic heterocycles. The Morgan fingerprint density at radius 2 is 1.68 bits per heavy atom. The normalized spacial score (nSPS) is 10.7. The van der Waals surface area contributed by atoms with Crippen molar-refractivity contribution < 1.29 is 9.84 Å². The summed E-state index contributed by atoms with van der Waals surface area (Å²) in [4.78, 5) is 0. The summed E-state index contributed by atoms with van der Waals surface area (Å²) in [6, 6.07) is 12.4. The first kappa shape index (κ1) is 16.6. The maximum Gasteiger partial charge on any atom is 0.122 e. The highest BCUT2D eigenvalue weighted by Crippen LogP contribution is 2.33. The van der Waals surface area contributed by atoms with E-state index in [4.69, 9.17) is 4.74 Å². The molecule has 2 aromatic rings. The van der Waals surface area contributed by atoms with Gasteiger partial charge in [0.05, 0.1) is 13.7 Å². The van der Waals surface area contributed by atoms with Crippen LogP contribution >= 0.6 is 0 Å². The largest absolute Gasteiger partial charge is 0.496 e. The Hall–Kier alpha value is -1.80. The molecule has 2 aromatic carbocycles. The van der Waals surface area contributed by atoms with Gasteiger partial charge in [0, 0.05) is 0 Å². The first-order chi connectivity index (χ1) is 10.7. The third kappa shape index (κ3) is 3.50. The van der Waals surface area contributed by atoms with E-state index in [-0.39, 0.29) is 6.61 Å². The molecular weight excluding hydrogens is 272 g/mol. The number of aryl methyl sites for hydroxylation is 1. The van der Waals surface area contributed by atoms with Crippen molar-refractivity contribution in [1.82, 2.24) is 0 Å². The van der Waals surface area contributed by atoms with Gasteiger partial charge in [0.25, 0.3) is 0 Å². The molecule has 0 spiro atoms. The van der Waals surface area contributed by atoms with Crippen LogP contribution < -0.4 is 4.74 Å². The van der Waals surface area contributed by atoms with Crippen molar-refractivity contribution in [2.75, 3.05) is 7.11 Å². The molecule has 0 heterocycles. The maximum atomic E-state index is 9.59. The molecular formula is C20H26O2. The van der Waals surface area contributed by atoms with Crippen LogP contribution in [0.25, 0.3) is 11.1 Å². The van der Waals surface area contributed by atoms with E-state index in [2.05, 4.69) is 32.0 Å². The zero-order valence-corrected chi connectivity index (χ0v) is 13.9. The zero-order chi connectivity index (χ0) is 15.9. The molecule has 0 amide bonds. The highest BCUT2D eigenvalue weighted by molar-refractivity contribution is 5.71. The number of benzene rings is 2. The summed E-state index contributed by atoms with van der Waals surface area (Å²) < 4.78 is 5.66. The van der Waals surface area contributed by atoms with Crippen LogP contribution in [0.15, 0.2) is 36.4 Å². The van der Waals surface area contributed by atoms with E-state index in [1.807, 2.05) is 18.2 Å². The second kappa shape index (κ2) is 8.00. The molecule has 0 bridgehead atoms. The van der Waals surface area contributed by atoms with Gasteiger partial charge in [-0.15, -0.1) is 0 Å². The monoisotopic (exact) mass is 298 g/mol. The van der Waals surface area contributed by atoms with Crippen LogP contribution in [0.1, 0.15) is 43.4 Å². The lowest BCUT2D eigenvalue weighted by molar-refractivity contribution is 0.282. The molecule has 0 aliphatic rings. The lowest BCUT2D eigenvalue weighted by Gasteiger charge is -2.17. The average molecular weight is 298 g/mol. The van der Waals surface area contributed by atoms with Gasteiger partial charge in [0.1, 0.15) is 5.75 Å². The van der Waals surface area contributed by atoms with Gasteiger partial charge in [-0.1, -0.05) is 57.0 Å². The molecule has 0 aromatic heterocycles. The Bertz CT molecular complexity index is 617. The smallest absolute Gasteiger partial charge is 0.122 e. The first-order valence-electron chi connectivity index (χ1n) is 8.14. The van der Waals surface area contributed by atoms with E-state index >= 15 is 0 Å². The molecule has 0 radical (unpaired) electrons. The van der Waals surface area contributed by atoms with Crippen LogP contribution in [-0.2, 0) is 19.4 Å². The maximum absolute atomic E-state index is 9.59. The molecule has 0 saturated heterocycles. The quantitative estimate of drug-likeness (QED) is 0.798. The van der Waals surface area contributed by atoms with Crippen LogP contribution in [0, 0.1) is 0 Å². The molecule has 0 aliphatic carbocycles. The van der Waals surface area contributed by atoms with Crippen molar-refractivity contribution in [2.24, 2.45) is 0 Å². The molecule has 1 N–H and O–H groups in total. The predicted octanol–water partition coefficient (Wildman–Crippen LogP) is 4.76. The lowest BCUT2D eigenvalue weighted by atomic mass is 9.92. The SMILES string of the molecule is CCCc1cc(-c2ccccc2CO)cc(OC)c1CCC. The predicted molar refractivity (Wildman–Crippen MR) is 92.3 cm³/mol. The number of ether oxygens (including phenoxy) is 1. The molecule has 2 rings (SSSR count). The third-order valence-electron chi connectivity index (χ3n) is 4.04. The Morgan fingerprint density at radius 1 is 0.955 bits per heavy atom. The van der Waals surface area contributed by atoms with Crippen LogP contribution in [0.5, 0.6) is 5.75 Å².